The summed E-state index contributed by atoms with van der Waals surface area (Å²) in [4.78, 5) is 32.2. The quantitative estimate of drug-likeness (QED) is 0.221. The minimum Gasteiger partial charge on any atom is -0.454 e. The largest absolute Gasteiger partial charge is 0.454 e. The van der Waals surface area contributed by atoms with Crippen molar-refractivity contribution in [2.75, 3.05) is 5.32 Å². The Kier molecular flexibility index (Phi) is 7.11. The van der Waals surface area contributed by atoms with E-state index in [0.29, 0.717) is 23.6 Å². The molecule has 4 aliphatic rings. The van der Waals surface area contributed by atoms with Crippen LogP contribution in [-0.2, 0) is 19.7 Å². The van der Waals surface area contributed by atoms with Gasteiger partial charge >= 0.3 is 5.97 Å². The Bertz CT molecular complexity index is 1890. The summed E-state index contributed by atoms with van der Waals surface area (Å²) < 4.78 is 23.0. The number of ether oxygens (including phenoxy) is 1. The van der Waals surface area contributed by atoms with Gasteiger partial charge in [0.1, 0.15) is 23.4 Å². The highest BCUT2D eigenvalue weighted by molar-refractivity contribution is 6.31. The van der Waals surface area contributed by atoms with E-state index in [0.717, 1.165) is 29.5 Å². The first kappa shape index (κ1) is 30.6. The van der Waals surface area contributed by atoms with Gasteiger partial charge in [0.05, 0.1) is 11.1 Å². The number of nitrogens with one attached hydrogen (secondary N) is 1. The molecule has 1 N–H and O–H groups in total. The fourth-order valence-electron chi connectivity index (χ4n) is 9.36. The second-order valence-corrected chi connectivity index (χ2v) is 15.1. The monoisotopic (exact) mass is 668 g/mol. The zero-order valence-corrected chi connectivity index (χ0v) is 27.7. The average molecular weight is 670 g/mol. The molecule has 0 bridgehead atoms. The van der Waals surface area contributed by atoms with Crippen molar-refractivity contribution in [3.8, 4) is 0 Å². The number of anilines is 1. The lowest BCUT2D eigenvalue weighted by atomic mass is 9.53. The Morgan fingerprint density at radius 3 is 2.15 bits per heavy atom. The summed E-state index contributed by atoms with van der Waals surface area (Å²) in [7, 11) is 0. The molecular weight excluding hydrogens is 634 g/mol. The molecule has 5 atom stereocenters. The number of benzene rings is 4. The summed E-state index contributed by atoms with van der Waals surface area (Å²) >= 11 is 13.0. The van der Waals surface area contributed by atoms with E-state index >= 15 is 9.18 Å². The summed E-state index contributed by atoms with van der Waals surface area (Å²) in [6.45, 7) is 4.50. The number of hydrogen-bond donors (Lipinski definition) is 1. The van der Waals surface area contributed by atoms with Gasteiger partial charge in [-0.25, -0.2) is 4.39 Å². The second-order valence-electron chi connectivity index (χ2n) is 14.2. The predicted octanol–water partition coefficient (Wildman–Crippen LogP) is 9.17. The molecule has 47 heavy (non-hydrogen) atoms. The third-order valence-corrected chi connectivity index (χ3v) is 11.9. The van der Waals surface area contributed by atoms with E-state index < -0.39 is 46.8 Å². The number of hydrogen-bond acceptors (Lipinski definition) is 4. The standard InChI is InChI=1S/C39H35Cl2FN2O3/c1-37(2)18-20-38(21-19-37)39(27-17-16-25(40)22-29(27)43-36(39)46)30(26-14-9-15-28(41)31(26)42)33-35(45)47-34(24-12-7-4-8-13-24)32(44(33)38)23-10-5-3-6-11-23/h3-17,22,30,32-34H,18-21H2,1-2H3,(H,43,46)/t30-,32?,33+,34?,39-/m0/s1. The first-order valence-electron chi connectivity index (χ1n) is 16.2. The highest BCUT2D eigenvalue weighted by Crippen LogP contribution is 2.71. The summed E-state index contributed by atoms with van der Waals surface area (Å²) in [5.74, 6) is -2.31. The van der Waals surface area contributed by atoms with Gasteiger partial charge in [0, 0.05) is 22.2 Å². The van der Waals surface area contributed by atoms with Crippen LogP contribution in [0.4, 0.5) is 10.1 Å². The summed E-state index contributed by atoms with van der Waals surface area (Å²) in [5, 5.41) is 3.58. The number of amides is 1. The number of esters is 1. The van der Waals surface area contributed by atoms with E-state index in [9.17, 15) is 4.79 Å². The van der Waals surface area contributed by atoms with Crippen molar-refractivity contribution in [1.29, 1.82) is 0 Å². The van der Waals surface area contributed by atoms with Crippen molar-refractivity contribution in [1.82, 2.24) is 4.90 Å². The van der Waals surface area contributed by atoms with E-state index in [-0.39, 0.29) is 21.9 Å². The number of morpholine rings is 1. The van der Waals surface area contributed by atoms with Crippen LogP contribution in [0.2, 0.25) is 10.0 Å². The molecule has 0 radical (unpaired) electrons. The number of carbonyl (C=O) groups excluding carboxylic acids is 2. The van der Waals surface area contributed by atoms with Gasteiger partial charge in [-0.05, 0) is 71.6 Å². The molecular formula is C39H35Cl2FN2O3. The number of rotatable bonds is 3. The second kappa shape index (κ2) is 10.9. The van der Waals surface area contributed by atoms with E-state index in [1.165, 1.54) is 6.07 Å². The number of halogens is 3. The van der Waals surface area contributed by atoms with Crippen LogP contribution in [0.25, 0.3) is 0 Å². The maximum atomic E-state index is 16.5. The molecule has 5 nitrogen and oxygen atoms in total. The van der Waals surface area contributed by atoms with Crippen molar-refractivity contribution in [2.45, 2.75) is 74.6 Å². The zero-order chi connectivity index (χ0) is 32.7. The molecule has 0 aromatic heterocycles. The van der Waals surface area contributed by atoms with Gasteiger partial charge in [0.2, 0.25) is 5.91 Å². The maximum Gasteiger partial charge on any atom is 0.324 e. The van der Waals surface area contributed by atoms with Crippen LogP contribution in [0.15, 0.2) is 97.1 Å². The average Bonchev–Trinajstić information content (AvgIpc) is 3.50. The number of carbonyl (C=O) groups is 2. The molecule has 1 aliphatic carbocycles. The molecule has 3 aliphatic heterocycles. The molecule has 2 saturated heterocycles. The highest BCUT2D eigenvalue weighted by atomic mass is 35.5. The summed E-state index contributed by atoms with van der Waals surface area (Å²) in [6.07, 6.45) is 2.19. The molecule has 4 aromatic carbocycles. The van der Waals surface area contributed by atoms with Crippen LogP contribution in [0.5, 0.6) is 0 Å². The Balaban J connectivity index is 1.49. The molecule has 3 heterocycles. The lowest BCUT2D eigenvalue weighted by Gasteiger charge is -2.57. The van der Waals surface area contributed by atoms with Gasteiger partial charge in [-0.15, -0.1) is 0 Å². The van der Waals surface area contributed by atoms with Crippen LogP contribution in [0, 0.1) is 11.2 Å². The first-order valence-corrected chi connectivity index (χ1v) is 17.0. The zero-order valence-electron chi connectivity index (χ0n) is 26.2. The van der Waals surface area contributed by atoms with Gasteiger partial charge in [0.25, 0.3) is 0 Å². The lowest BCUT2D eigenvalue weighted by molar-refractivity contribution is -0.184. The van der Waals surface area contributed by atoms with Crippen molar-refractivity contribution < 1.29 is 18.7 Å². The van der Waals surface area contributed by atoms with Crippen LogP contribution in [0.1, 0.15) is 79.8 Å². The Morgan fingerprint density at radius 1 is 0.809 bits per heavy atom. The number of fused-ring (bicyclic) bond motifs is 5. The third kappa shape index (κ3) is 4.30. The van der Waals surface area contributed by atoms with E-state index in [1.807, 2.05) is 54.6 Å². The van der Waals surface area contributed by atoms with Crippen molar-refractivity contribution in [3.05, 3.63) is 135 Å². The van der Waals surface area contributed by atoms with E-state index in [4.69, 9.17) is 27.9 Å². The minimum absolute atomic E-state index is 0.0105. The highest BCUT2D eigenvalue weighted by Gasteiger charge is 2.78. The predicted molar refractivity (Wildman–Crippen MR) is 181 cm³/mol. The molecule has 1 saturated carbocycles. The van der Waals surface area contributed by atoms with Crippen molar-refractivity contribution in [3.63, 3.8) is 0 Å². The molecule has 240 valence electrons. The van der Waals surface area contributed by atoms with Gasteiger partial charge in [-0.3, -0.25) is 14.5 Å². The van der Waals surface area contributed by atoms with Crippen LogP contribution < -0.4 is 5.32 Å². The minimum atomic E-state index is -1.36. The maximum absolute atomic E-state index is 16.5. The van der Waals surface area contributed by atoms with Crippen LogP contribution in [-0.4, -0.2) is 28.4 Å². The molecule has 2 spiro atoms. The molecule has 3 fully saturated rings. The molecule has 8 heteroatoms. The molecule has 1 amide bonds. The molecule has 2 unspecified atom stereocenters. The van der Waals surface area contributed by atoms with E-state index in [1.54, 1.807) is 24.3 Å². The van der Waals surface area contributed by atoms with Gasteiger partial charge in [-0.1, -0.05) is 116 Å². The lowest BCUT2D eigenvalue weighted by Crippen LogP contribution is -2.64. The number of nitrogens with zero attached hydrogens (tertiary/aromatic N) is 1. The molecule has 4 aromatic rings. The Morgan fingerprint density at radius 2 is 1.47 bits per heavy atom. The van der Waals surface area contributed by atoms with Crippen molar-refractivity contribution in [2.24, 2.45) is 5.41 Å². The first-order chi connectivity index (χ1) is 22.6. The van der Waals surface area contributed by atoms with Gasteiger partial charge < -0.3 is 10.1 Å². The van der Waals surface area contributed by atoms with Gasteiger partial charge in [-0.2, -0.15) is 0 Å². The summed E-state index contributed by atoms with van der Waals surface area (Å²) in [6, 6.07) is 28.7. The Labute approximate surface area is 284 Å². The normalized spacial score (nSPS) is 29.0. The molecule has 8 rings (SSSR count). The van der Waals surface area contributed by atoms with Crippen LogP contribution >= 0.6 is 23.2 Å². The topological polar surface area (TPSA) is 58.6 Å². The third-order valence-electron chi connectivity index (χ3n) is 11.4. The summed E-state index contributed by atoms with van der Waals surface area (Å²) in [5.41, 5.74) is 1.10. The fourth-order valence-corrected chi connectivity index (χ4v) is 9.72. The van der Waals surface area contributed by atoms with Crippen molar-refractivity contribution >= 4 is 40.8 Å². The number of cyclic esters (lactones) is 1. The van der Waals surface area contributed by atoms with Crippen LogP contribution in [0.3, 0.4) is 0 Å². The fraction of sp³-hybridized carbons (Fsp3) is 0.333. The van der Waals surface area contributed by atoms with E-state index in [2.05, 4.69) is 36.2 Å². The van der Waals surface area contributed by atoms with Gasteiger partial charge in [0.15, 0.2) is 0 Å². The smallest absolute Gasteiger partial charge is 0.324 e. The SMILES string of the molecule is CC1(C)CCC2(CC1)N1C(c3ccccc3)C(c3ccccc3)OC(=O)[C@H]1[C@H](c1cccc(Cl)c1F)[C@@]21C(=O)Nc2cc(Cl)ccc21. The Hall–Kier alpha value is -3.71.